The van der Waals surface area contributed by atoms with Crippen molar-refractivity contribution in [2.45, 2.75) is 18.9 Å². The Bertz CT molecular complexity index is 1100. The number of nitrogens with one attached hydrogen (secondary N) is 1. The van der Waals surface area contributed by atoms with Gasteiger partial charge >= 0.3 is 6.03 Å². The maximum absolute atomic E-state index is 14.4. The van der Waals surface area contributed by atoms with Crippen LogP contribution in [0.3, 0.4) is 0 Å². The van der Waals surface area contributed by atoms with Gasteiger partial charge in [-0.1, -0.05) is 0 Å². The minimum Gasteiger partial charge on any atom is -0.395 e. The number of aromatic nitrogens is 3. The fraction of sp³-hybridized carbons (Fsp3) is 0.381. The SMILES string of the molecule is O=C(Nc1cnn2ccc(N3CCCC3c3cc(F)ccc3F)nc12)N(CCO)CCO. The molecule has 1 atom stereocenters. The fourth-order valence-corrected chi connectivity index (χ4v) is 3.99. The van der Waals surface area contributed by atoms with E-state index in [1.54, 1.807) is 12.3 Å². The van der Waals surface area contributed by atoms with Gasteiger partial charge in [0.05, 0.1) is 25.5 Å². The molecule has 0 radical (unpaired) electrons. The first kappa shape index (κ1) is 21.9. The van der Waals surface area contributed by atoms with Crippen molar-refractivity contribution in [3.63, 3.8) is 0 Å². The summed E-state index contributed by atoms with van der Waals surface area (Å²) in [6, 6.07) is 4.33. The molecule has 32 heavy (non-hydrogen) atoms. The number of carbonyl (C=O) groups excluding carboxylic acids is 1. The average Bonchev–Trinajstić information content (AvgIpc) is 3.42. The van der Waals surface area contributed by atoms with Gasteiger partial charge in [0.25, 0.3) is 0 Å². The van der Waals surface area contributed by atoms with Gasteiger partial charge in [0, 0.05) is 31.4 Å². The third-order valence-electron chi connectivity index (χ3n) is 5.49. The number of hydrogen-bond donors (Lipinski definition) is 3. The topological polar surface area (TPSA) is 106 Å². The number of aliphatic hydroxyl groups is 2. The summed E-state index contributed by atoms with van der Waals surface area (Å²) in [6.07, 6.45) is 4.60. The summed E-state index contributed by atoms with van der Waals surface area (Å²) in [6.45, 7) is 0.285. The summed E-state index contributed by atoms with van der Waals surface area (Å²) < 4.78 is 29.7. The Morgan fingerprint density at radius 1 is 1.22 bits per heavy atom. The predicted molar refractivity (Wildman–Crippen MR) is 113 cm³/mol. The fourth-order valence-electron chi connectivity index (χ4n) is 3.99. The van der Waals surface area contributed by atoms with Crippen LogP contribution in [0.4, 0.5) is 25.1 Å². The monoisotopic (exact) mass is 446 g/mol. The van der Waals surface area contributed by atoms with Crippen molar-refractivity contribution < 1.29 is 23.8 Å². The van der Waals surface area contributed by atoms with Gasteiger partial charge in [0.15, 0.2) is 5.65 Å². The lowest BCUT2D eigenvalue weighted by Gasteiger charge is -2.26. The third-order valence-corrected chi connectivity index (χ3v) is 5.49. The number of nitrogens with zero attached hydrogens (tertiary/aromatic N) is 5. The van der Waals surface area contributed by atoms with Crippen LogP contribution in [0.1, 0.15) is 24.4 Å². The molecule has 1 aromatic carbocycles. The number of aliphatic hydroxyl groups excluding tert-OH is 2. The number of anilines is 2. The van der Waals surface area contributed by atoms with Crippen molar-refractivity contribution in [1.29, 1.82) is 0 Å². The van der Waals surface area contributed by atoms with Crippen molar-refractivity contribution in [3.05, 3.63) is 53.9 Å². The molecule has 1 aliphatic heterocycles. The maximum Gasteiger partial charge on any atom is 0.322 e. The first-order valence-electron chi connectivity index (χ1n) is 10.4. The molecule has 0 aliphatic carbocycles. The molecule has 1 saturated heterocycles. The van der Waals surface area contributed by atoms with Gasteiger partial charge < -0.3 is 25.3 Å². The zero-order valence-corrected chi connectivity index (χ0v) is 17.3. The second-order valence-electron chi connectivity index (χ2n) is 7.49. The molecule has 3 heterocycles. The van der Waals surface area contributed by atoms with E-state index < -0.39 is 17.7 Å². The number of fused-ring (bicyclic) bond motifs is 1. The molecular formula is C21H24F2N6O3. The lowest BCUT2D eigenvalue weighted by atomic mass is 10.0. The van der Waals surface area contributed by atoms with Crippen molar-refractivity contribution in [3.8, 4) is 0 Å². The number of benzene rings is 1. The number of rotatable bonds is 7. The van der Waals surface area contributed by atoms with Gasteiger partial charge in [-0.05, 0) is 37.1 Å². The van der Waals surface area contributed by atoms with Gasteiger partial charge in [-0.2, -0.15) is 5.10 Å². The molecule has 2 aromatic heterocycles. The summed E-state index contributed by atoms with van der Waals surface area (Å²) in [5, 5.41) is 25.2. The molecule has 3 N–H and O–H groups in total. The van der Waals surface area contributed by atoms with Crippen molar-refractivity contribution in [2.24, 2.45) is 0 Å². The third kappa shape index (κ3) is 4.34. The molecule has 0 spiro atoms. The molecule has 2 amide bonds. The van der Waals surface area contributed by atoms with E-state index in [1.807, 2.05) is 4.90 Å². The van der Waals surface area contributed by atoms with E-state index in [0.717, 1.165) is 18.6 Å². The number of urea groups is 1. The van der Waals surface area contributed by atoms with E-state index in [9.17, 15) is 13.6 Å². The van der Waals surface area contributed by atoms with Crippen LogP contribution in [0.2, 0.25) is 0 Å². The quantitative estimate of drug-likeness (QED) is 0.514. The number of hydrogen-bond acceptors (Lipinski definition) is 6. The predicted octanol–water partition coefficient (Wildman–Crippen LogP) is 2.17. The molecule has 0 saturated carbocycles. The molecule has 3 aromatic rings. The van der Waals surface area contributed by atoms with E-state index in [0.29, 0.717) is 30.1 Å². The Labute approximate surface area is 182 Å². The molecule has 9 nitrogen and oxygen atoms in total. The van der Waals surface area contributed by atoms with E-state index in [1.165, 1.54) is 21.7 Å². The molecule has 0 bridgehead atoms. The van der Waals surface area contributed by atoms with E-state index in [4.69, 9.17) is 10.2 Å². The van der Waals surface area contributed by atoms with Gasteiger partial charge in [0.1, 0.15) is 23.1 Å². The normalized spacial score (nSPS) is 16.0. The van der Waals surface area contributed by atoms with Crippen molar-refractivity contribution in [2.75, 3.05) is 43.1 Å². The highest BCUT2D eigenvalue weighted by molar-refractivity contribution is 5.93. The van der Waals surface area contributed by atoms with E-state index >= 15 is 0 Å². The van der Waals surface area contributed by atoms with Crippen LogP contribution in [0, 0.1) is 11.6 Å². The van der Waals surface area contributed by atoms with Gasteiger partial charge in [-0.3, -0.25) is 0 Å². The van der Waals surface area contributed by atoms with Crippen LogP contribution in [-0.4, -0.2) is 68.6 Å². The van der Waals surface area contributed by atoms with Crippen LogP contribution >= 0.6 is 0 Å². The van der Waals surface area contributed by atoms with Gasteiger partial charge in [0.2, 0.25) is 0 Å². The molecule has 1 unspecified atom stereocenters. The molecule has 1 fully saturated rings. The summed E-state index contributed by atoms with van der Waals surface area (Å²) in [5.41, 5.74) is 1.02. The van der Waals surface area contributed by atoms with Crippen molar-refractivity contribution in [1.82, 2.24) is 19.5 Å². The second kappa shape index (κ2) is 9.45. The highest BCUT2D eigenvalue weighted by atomic mass is 19.1. The number of carbonyl (C=O) groups is 1. The first-order valence-corrected chi connectivity index (χ1v) is 10.4. The van der Waals surface area contributed by atoms with Crippen molar-refractivity contribution >= 4 is 23.2 Å². The van der Waals surface area contributed by atoms with Gasteiger partial charge in [-0.25, -0.2) is 23.1 Å². The standard InChI is InChI=1S/C21H24F2N6O3/c22-14-3-4-16(23)15(12-14)18-2-1-6-28(18)19-5-7-29-20(26-19)17(13-24-29)25-21(32)27(8-10-30)9-11-31/h3-5,7,12-13,18,30-31H,1-2,6,8-11H2,(H,25,32). The highest BCUT2D eigenvalue weighted by Gasteiger charge is 2.30. The Kier molecular flexibility index (Phi) is 6.47. The minimum absolute atomic E-state index is 0.0684. The lowest BCUT2D eigenvalue weighted by molar-refractivity contribution is 0.168. The average molecular weight is 446 g/mol. The van der Waals surface area contributed by atoms with E-state index in [2.05, 4.69) is 15.4 Å². The number of amides is 2. The first-order chi connectivity index (χ1) is 15.5. The minimum atomic E-state index is -0.504. The molecule has 11 heteroatoms. The maximum atomic E-state index is 14.4. The smallest absolute Gasteiger partial charge is 0.322 e. The molecule has 4 rings (SSSR count). The molecule has 170 valence electrons. The Balaban J connectivity index is 1.62. The van der Waals surface area contributed by atoms with Gasteiger partial charge in [-0.15, -0.1) is 0 Å². The van der Waals surface area contributed by atoms with Crippen LogP contribution < -0.4 is 10.2 Å². The molecular weight excluding hydrogens is 422 g/mol. The van der Waals surface area contributed by atoms with Crippen LogP contribution in [0.5, 0.6) is 0 Å². The highest BCUT2D eigenvalue weighted by Crippen LogP contribution is 2.37. The van der Waals surface area contributed by atoms with Crippen LogP contribution in [0.25, 0.3) is 5.65 Å². The largest absolute Gasteiger partial charge is 0.395 e. The zero-order valence-electron chi connectivity index (χ0n) is 17.3. The van der Waals surface area contributed by atoms with E-state index in [-0.39, 0.29) is 37.9 Å². The lowest BCUT2D eigenvalue weighted by Crippen LogP contribution is -2.38. The van der Waals surface area contributed by atoms with Crippen LogP contribution in [-0.2, 0) is 0 Å². The number of halogens is 2. The summed E-state index contributed by atoms with van der Waals surface area (Å²) in [4.78, 5) is 20.3. The Morgan fingerprint density at radius 3 is 2.75 bits per heavy atom. The zero-order chi connectivity index (χ0) is 22.7. The summed E-state index contributed by atoms with van der Waals surface area (Å²) in [5.74, 6) is -0.399. The molecule has 1 aliphatic rings. The van der Waals surface area contributed by atoms with Crippen LogP contribution in [0.15, 0.2) is 36.7 Å². The Morgan fingerprint density at radius 2 is 2.00 bits per heavy atom. The summed E-state index contributed by atoms with van der Waals surface area (Å²) >= 11 is 0. The second-order valence-corrected chi connectivity index (χ2v) is 7.49. The Hall–Kier alpha value is -3.31. The summed E-state index contributed by atoms with van der Waals surface area (Å²) in [7, 11) is 0.